The van der Waals surface area contributed by atoms with Gasteiger partial charge in [-0.25, -0.2) is 0 Å². The molecule has 15 heavy (non-hydrogen) atoms. The van der Waals surface area contributed by atoms with Crippen molar-refractivity contribution >= 4 is 0 Å². The van der Waals surface area contributed by atoms with Crippen LogP contribution in [-0.2, 0) is 6.54 Å². The SMILES string of the molecule is CCCCN(CCN)Cc1ccccn1. The van der Waals surface area contributed by atoms with Crippen LogP contribution in [0.25, 0.3) is 0 Å². The number of nitrogens with zero attached hydrogens (tertiary/aromatic N) is 2. The highest BCUT2D eigenvalue weighted by Gasteiger charge is 2.04. The van der Waals surface area contributed by atoms with E-state index in [1.165, 1.54) is 12.8 Å². The monoisotopic (exact) mass is 207 g/mol. The largest absolute Gasteiger partial charge is 0.329 e. The van der Waals surface area contributed by atoms with Crippen molar-refractivity contribution < 1.29 is 0 Å². The zero-order valence-electron chi connectivity index (χ0n) is 9.52. The van der Waals surface area contributed by atoms with Crippen LogP contribution in [0.1, 0.15) is 25.5 Å². The van der Waals surface area contributed by atoms with E-state index >= 15 is 0 Å². The summed E-state index contributed by atoms with van der Waals surface area (Å²) in [6, 6.07) is 6.04. The molecule has 0 atom stereocenters. The molecule has 3 nitrogen and oxygen atoms in total. The number of hydrogen-bond donors (Lipinski definition) is 1. The van der Waals surface area contributed by atoms with E-state index in [1.54, 1.807) is 0 Å². The molecule has 1 heterocycles. The van der Waals surface area contributed by atoms with Gasteiger partial charge in [0.2, 0.25) is 0 Å². The predicted octanol–water partition coefficient (Wildman–Crippen LogP) is 1.64. The van der Waals surface area contributed by atoms with Gasteiger partial charge in [0, 0.05) is 25.8 Å². The number of unbranched alkanes of at least 4 members (excludes halogenated alkanes) is 1. The lowest BCUT2D eigenvalue weighted by Crippen LogP contribution is -2.30. The summed E-state index contributed by atoms with van der Waals surface area (Å²) < 4.78 is 0. The van der Waals surface area contributed by atoms with Crippen molar-refractivity contribution in [2.45, 2.75) is 26.3 Å². The van der Waals surface area contributed by atoms with Crippen molar-refractivity contribution in [3.8, 4) is 0 Å². The van der Waals surface area contributed by atoms with Gasteiger partial charge in [-0.3, -0.25) is 9.88 Å². The van der Waals surface area contributed by atoms with E-state index in [2.05, 4.69) is 22.9 Å². The number of hydrogen-bond acceptors (Lipinski definition) is 3. The van der Waals surface area contributed by atoms with Crippen molar-refractivity contribution in [1.82, 2.24) is 9.88 Å². The first-order chi connectivity index (χ1) is 7.36. The topological polar surface area (TPSA) is 42.1 Å². The van der Waals surface area contributed by atoms with Crippen LogP contribution in [0.3, 0.4) is 0 Å². The zero-order valence-corrected chi connectivity index (χ0v) is 9.52. The lowest BCUT2D eigenvalue weighted by Gasteiger charge is -2.20. The standard InChI is InChI=1S/C12H21N3/c1-2-3-9-15(10-7-13)11-12-6-4-5-8-14-12/h4-6,8H,2-3,7,9-11,13H2,1H3. The quantitative estimate of drug-likeness (QED) is 0.739. The fourth-order valence-corrected chi connectivity index (χ4v) is 1.55. The molecule has 0 aromatic carbocycles. The molecule has 0 fully saturated rings. The molecular formula is C12H21N3. The number of pyridine rings is 1. The Kier molecular flexibility index (Phi) is 5.97. The predicted molar refractivity (Wildman–Crippen MR) is 63.5 cm³/mol. The third-order valence-electron chi connectivity index (χ3n) is 2.38. The second-order valence-electron chi connectivity index (χ2n) is 3.74. The summed E-state index contributed by atoms with van der Waals surface area (Å²) in [6.45, 7) is 5.91. The molecule has 0 radical (unpaired) electrons. The molecule has 0 aliphatic carbocycles. The Balaban J connectivity index is 2.43. The molecule has 3 heteroatoms. The first kappa shape index (κ1) is 12.1. The molecule has 0 spiro atoms. The fourth-order valence-electron chi connectivity index (χ4n) is 1.55. The summed E-state index contributed by atoms with van der Waals surface area (Å²) in [5, 5.41) is 0. The van der Waals surface area contributed by atoms with Crippen molar-refractivity contribution in [2.75, 3.05) is 19.6 Å². The minimum absolute atomic E-state index is 0.719. The molecule has 0 bridgehead atoms. The second kappa shape index (κ2) is 7.37. The Labute approximate surface area is 92.3 Å². The Morgan fingerprint density at radius 3 is 2.80 bits per heavy atom. The average molecular weight is 207 g/mol. The Bertz CT molecular complexity index is 248. The van der Waals surface area contributed by atoms with Gasteiger partial charge in [0.25, 0.3) is 0 Å². The zero-order chi connectivity index (χ0) is 10.9. The minimum Gasteiger partial charge on any atom is -0.329 e. The van der Waals surface area contributed by atoms with Gasteiger partial charge < -0.3 is 5.73 Å². The lowest BCUT2D eigenvalue weighted by atomic mass is 10.3. The van der Waals surface area contributed by atoms with Crippen LogP contribution in [0, 0.1) is 0 Å². The highest BCUT2D eigenvalue weighted by Crippen LogP contribution is 2.02. The third-order valence-corrected chi connectivity index (χ3v) is 2.38. The molecule has 0 aliphatic heterocycles. The molecule has 1 aromatic heterocycles. The molecule has 2 N–H and O–H groups in total. The van der Waals surface area contributed by atoms with E-state index in [1.807, 2.05) is 18.3 Å². The molecule has 0 saturated heterocycles. The highest BCUT2D eigenvalue weighted by molar-refractivity contribution is 5.03. The van der Waals surface area contributed by atoms with Crippen LogP contribution in [-0.4, -0.2) is 29.5 Å². The van der Waals surface area contributed by atoms with Crippen LogP contribution in [0.2, 0.25) is 0 Å². The molecule has 84 valence electrons. The van der Waals surface area contributed by atoms with E-state index in [9.17, 15) is 0 Å². The molecule has 0 aliphatic rings. The third kappa shape index (κ3) is 4.91. The average Bonchev–Trinajstić information content (AvgIpc) is 2.28. The van der Waals surface area contributed by atoms with Crippen molar-refractivity contribution in [1.29, 1.82) is 0 Å². The van der Waals surface area contributed by atoms with E-state index < -0.39 is 0 Å². The molecule has 1 rings (SSSR count). The lowest BCUT2D eigenvalue weighted by molar-refractivity contribution is 0.265. The maximum atomic E-state index is 5.59. The van der Waals surface area contributed by atoms with Gasteiger partial charge in [0.1, 0.15) is 0 Å². The van der Waals surface area contributed by atoms with Gasteiger partial charge in [-0.1, -0.05) is 19.4 Å². The van der Waals surface area contributed by atoms with Crippen LogP contribution >= 0.6 is 0 Å². The first-order valence-corrected chi connectivity index (χ1v) is 5.69. The normalized spacial score (nSPS) is 10.9. The Morgan fingerprint density at radius 1 is 1.33 bits per heavy atom. The van der Waals surface area contributed by atoms with Gasteiger partial charge >= 0.3 is 0 Å². The highest BCUT2D eigenvalue weighted by atomic mass is 15.1. The summed E-state index contributed by atoms with van der Waals surface area (Å²) in [4.78, 5) is 6.69. The number of aromatic nitrogens is 1. The molecule has 1 aromatic rings. The minimum atomic E-state index is 0.719. The van der Waals surface area contributed by atoms with Gasteiger partial charge in [0.15, 0.2) is 0 Å². The molecule has 0 unspecified atom stereocenters. The van der Waals surface area contributed by atoms with E-state index in [4.69, 9.17) is 5.73 Å². The summed E-state index contributed by atoms with van der Waals surface area (Å²) >= 11 is 0. The number of rotatable bonds is 7. The van der Waals surface area contributed by atoms with Crippen molar-refractivity contribution in [2.24, 2.45) is 5.73 Å². The summed E-state index contributed by atoms with van der Waals surface area (Å²) in [5.41, 5.74) is 6.72. The van der Waals surface area contributed by atoms with E-state index in [-0.39, 0.29) is 0 Å². The summed E-state index contributed by atoms with van der Waals surface area (Å²) in [7, 11) is 0. The number of nitrogens with two attached hydrogens (primary N) is 1. The smallest absolute Gasteiger partial charge is 0.0543 e. The maximum absolute atomic E-state index is 5.59. The van der Waals surface area contributed by atoms with Crippen LogP contribution < -0.4 is 5.73 Å². The van der Waals surface area contributed by atoms with Crippen molar-refractivity contribution in [3.05, 3.63) is 30.1 Å². The van der Waals surface area contributed by atoms with Gasteiger partial charge in [0.05, 0.1) is 5.69 Å². The second-order valence-corrected chi connectivity index (χ2v) is 3.74. The van der Waals surface area contributed by atoms with Crippen LogP contribution in [0.4, 0.5) is 0 Å². The molecular weight excluding hydrogens is 186 g/mol. The summed E-state index contributed by atoms with van der Waals surface area (Å²) in [6.07, 6.45) is 4.30. The van der Waals surface area contributed by atoms with Crippen molar-refractivity contribution in [3.63, 3.8) is 0 Å². The van der Waals surface area contributed by atoms with E-state index in [0.29, 0.717) is 0 Å². The van der Waals surface area contributed by atoms with Gasteiger partial charge in [-0.05, 0) is 25.1 Å². The van der Waals surface area contributed by atoms with Gasteiger partial charge in [-0.15, -0.1) is 0 Å². The van der Waals surface area contributed by atoms with Crippen LogP contribution in [0.5, 0.6) is 0 Å². The fraction of sp³-hybridized carbons (Fsp3) is 0.583. The van der Waals surface area contributed by atoms with Crippen LogP contribution in [0.15, 0.2) is 24.4 Å². The summed E-state index contributed by atoms with van der Waals surface area (Å²) in [5.74, 6) is 0. The maximum Gasteiger partial charge on any atom is 0.0543 e. The van der Waals surface area contributed by atoms with Gasteiger partial charge in [-0.2, -0.15) is 0 Å². The molecule has 0 amide bonds. The Morgan fingerprint density at radius 2 is 2.20 bits per heavy atom. The first-order valence-electron chi connectivity index (χ1n) is 5.69. The van der Waals surface area contributed by atoms with E-state index in [0.717, 1.165) is 31.9 Å². The molecule has 0 saturated carbocycles. The Hall–Kier alpha value is -0.930.